The van der Waals surface area contributed by atoms with Crippen LogP contribution >= 0.6 is 0 Å². The number of carbonyl (C=O) groups is 1. The van der Waals surface area contributed by atoms with Crippen LogP contribution in [0.4, 0.5) is 0 Å². The van der Waals surface area contributed by atoms with Gasteiger partial charge in [-0.1, -0.05) is 60.7 Å². The third-order valence-electron chi connectivity index (χ3n) is 6.07. The fourth-order valence-corrected chi connectivity index (χ4v) is 5.40. The Morgan fingerprint density at radius 2 is 1.68 bits per heavy atom. The molecule has 7 nitrogen and oxygen atoms in total. The minimum absolute atomic E-state index is 0.0488. The second-order valence-corrected chi connectivity index (χ2v) is 10.5. The number of sulfonamides is 1. The summed E-state index contributed by atoms with van der Waals surface area (Å²) in [4.78, 5) is 14.7. The monoisotopic (exact) mass is 478 g/mol. The fraction of sp³-hybridized carbons (Fsp3) is 0.308. The van der Waals surface area contributed by atoms with Gasteiger partial charge in [0.15, 0.2) is 0 Å². The van der Waals surface area contributed by atoms with Crippen molar-refractivity contribution in [2.45, 2.75) is 25.9 Å². The maximum absolute atomic E-state index is 13.0. The molecular weight excluding hydrogens is 448 g/mol. The Morgan fingerprint density at radius 3 is 2.35 bits per heavy atom. The first-order valence-corrected chi connectivity index (χ1v) is 12.9. The smallest absolute Gasteiger partial charge is 0.236 e. The van der Waals surface area contributed by atoms with E-state index in [0.717, 1.165) is 11.1 Å². The summed E-state index contributed by atoms with van der Waals surface area (Å²) in [6.45, 7) is 1.86. The molecule has 4 rings (SSSR count). The number of benzene rings is 2. The summed E-state index contributed by atoms with van der Waals surface area (Å²) in [6, 6.07) is 19.5. The van der Waals surface area contributed by atoms with Crippen molar-refractivity contribution in [2.75, 3.05) is 20.1 Å². The van der Waals surface area contributed by atoms with Crippen LogP contribution in [-0.2, 0) is 27.9 Å². The third-order valence-corrected chi connectivity index (χ3v) is 7.63. The van der Waals surface area contributed by atoms with E-state index in [1.807, 2.05) is 59.4 Å². The molecule has 1 aromatic heterocycles. The summed E-state index contributed by atoms with van der Waals surface area (Å²) in [5.74, 6) is -0.124. The second-order valence-electron chi connectivity index (χ2n) is 8.66. The van der Waals surface area contributed by atoms with E-state index in [1.165, 1.54) is 15.3 Å². The van der Waals surface area contributed by atoms with Crippen LogP contribution in [0.2, 0.25) is 0 Å². The van der Waals surface area contributed by atoms with Crippen molar-refractivity contribution < 1.29 is 13.2 Å². The predicted octanol–water partition coefficient (Wildman–Crippen LogP) is 3.60. The molecule has 0 bridgehead atoms. The number of rotatable bonds is 8. The first-order chi connectivity index (χ1) is 16.4. The number of hydrogen-bond acceptors (Lipinski definition) is 4. The van der Waals surface area contributed by atoms with Crippen LogP contribution in [0, 0.1) is 5.92 Å². The van der Waals surface area contributed by atoms with Gasteiger partial charge in [-0.2, -0.15) is 9.40 Å². The minimum Gasteiger partial charge on any atom is -0.341 e. The number of hydrogen-bond donors (Lipinski definition) is 0. The van der Waals surface area contributed by atoms with Gasteiger partial charge in [0.25, 0.3) is 0 Å². The largest absolute Gasteiger partial charge is 0.341 e. The van der Waals surface area contributed by atoms with Gasteiger partial charge < -0.3 is 4.90 Å². The number of nitrogens with zero attached hydrogens (tertiary/aromatic N) is 4. The van der Waals surface area contributed by atoms with Crippen LogP contribution in [0.3, 0.4) is 0 Å². The van der Waals surface area contributed by atoms with Gasteiger partial charge in [0.05, 0.1) is 12.7 Å². The molecule has 0 unspecified atom stereocenters. The highest BCUT2D eigenvalue weighted by atomic mass is 32.2. The van der Waals surface area contributed by atoms with Crippen molar-refractivity contribution in [2.24, 2.45) is 5.92 Å². The lowest BCUT2D eigenvalue weighted by molar-refractivity contribution is -0.135. The highest BCUT2D eigenvalue weighted by Gasteiger charge is 2.31. The zero-order valence-corrected chi connectivity index (χ0v) is 20.1. The molecule has 0 spiro atoms. The van der Waals surface area contributed by atoms with Gasteiger partial charge in [-0.25, -0.2) is 8.42 Å². The molecule has 8 heteroatoms. The summed E-state index contributed by atoms with van der Waals surface area (Å²) in [5.41, 5.74) is 2.98. The predicted molar refractivity (Wildman–Crippen MR) is 133 cm³/mol. The molecule has 2 aromatic carbocycles. The van der Waals surface area contributed by atoms with E-state index in [0.29, 0.717) is 39.0 Å². The Balaban J connectivity index is 1.28. The van der Waals surface area contributed by atoms with Crippen molar-refractivity contribution >= 4 is 22.0 Å². The molecular formula is C26H30N4O3S. The molecule has 0 N–H and O–H groups in total. The zero-order valence-electron chi connectivity index (χ0n) is 19.3. The van der Waals surface area contributed by atoms with E-state index < -0.39 is 10.0 Å². The number of carbonyl (C=O) groups excluding carboxylic acids is 1. The molecule has 0 aliphatic carbocycles. The summed E-state index contributed by atoms with van der Waals surface area (Å²) in [7, 11) is -1.71. The minimum atomic E-state index is -3.51. The zero-order chi connectivity index (χ0) is 24.0. The second kappa shape index (κ2) is 10.8. The number of piperidine rings is 1. The molecule has 1 aliphatic heterocycles. The van der Waals surface area contributed by atoms with E-state index in [2.05, 4.69) is 17.2 Å². The van der Waals surface area contributed by atoms with Gasteiger partial charge in [0.1, 0.15) is 0 Å². The maximum atomic E-state index is 13.0. The van der Waals surface area contributed by atoms with Crippen molar-refractivity contribution in [1.29, 1.82) is 0 Å². The summed E-state index contributed by atoms with van der Waals surface area (Å²) in [6.07, 6.45) is 6.41. The van der Waals surface area contributed by atoms with Gasteiger partial charge >= 0.3 is 0 Å². The molecule has 1 fully saturated rings. The lowest BCUT2D eigenvalue weighted by Gasteiger charge is -2.31. The molecule has 1 saturated heterocycles. The molecule has 3 aromatic rings. The van der Waals surface area contributed by atoms with E-state index in [-0.39, 0.29) is 11.8 Å². The summed E-state index contributed by atoms with van der Waals surface area (Å²) >= 11 is 0. The van der Waals surface area contributed by atoms with Gasteiger partial charge in [0.2, 0.25) is 15.9 Å². The van der Waals surface area contributed by atoms with Crippen LogP contribution in [0.1, 0.15) is 29.5 Å². The molecule has 2 heterocycles. The lowest BCUT2D eigenvalue weighted by atomic mass is 9.96. The molecule has 1 aliphatic rings. The van der Waals surface area contributed by atoms with E-state index >= 15 is 0 Å². The van der Waals surface area contributed by atoms with Gasteiger partial charge in [0, 0.05) is 49.8 Å². The van der Waals surface area contributed by atoms with E-state index in [9.17, 15) is 13.2 Å². The van der Waals surface area contributed by atoms with Crippen molar-refractivity contribution in [3.63, 3.8) is 0 Å². The number of aromatic nitrogens is 2. The van der Waals surface area contributed by atoms with E-state index in [1.54, 1.807) is 24.2 Å². The first-order valence-electron chi connectivity index (χ1n) is 11.4. The topological polar surface area (TPSA) is 75.5 Å². The Bertz CT molecular complexity index is 1220. The van der Waals surface area contributed by atoms with E-state index in [4.69, 9.17) is 0 Å². The summed E-state index contributed by atoms with van der Waals surface area (Å²) in [5, 5.41) is 5.67. The van der Waals surface area contributed by atoms with Crippen molar-refractivity contribution in [3.05, 3.63) is 95.2 Å². The van der Waals surface area contributed by atoms with Crippen LogP contribution in [-0.4, -0.2) is 53.4 Å². The van der Waals surface area contributed by atoms with Crippen LogP contribution in [0.15, 0.2) is 78.5 Å². The molecule has 1 amide bonds. The van der Waals surface area contributed by atoms with Gasteiger partial charge in [-0.15, -0.1) is 0 Å². The molecule has 178 valence electrons. The lowest BCUT2D eigenvalue weighted by Crippen LogP contribution is -2.42. The highest BCUT2D eigenvalue weighted by Crippen LogP contribution is 2.23. The quantitative estimate of drug-likeness (QED) is 0.496. The Kier molecular flexibility index (Phi) is 7.59. The summed E-state index contributed by atoms with van der Waals surface area (Å²) < 4.78 is 28.7. The fourth-order valence-electron chi connectivity index (χ4n) is 4.18. The maximum Gasteiger partial charge on any atom is 0.236 e. The van der Waals surface area contributed by atoms with Crippen molar-refractivity contribution in [1.82, 2.24) is 19.0 Å². The van der Waals surface area contributed by atoms with Crippen LogP contribution in [0.5, 0.6) is 0 Å². The number of amides is 1. The molecule has 0 saturated carbocycles. The SMILES string of the molecule is CN(Cc1cnn(Cc2ccccc2)c1)C(=O)C1CCN(S(=O)(=O)/C=C/c2ccccc2)CC1. The Hall–Kier alpha value is -3.23. The molecule has 0 radical (unpaired) electrons. The normalized spacial score (nSPS) is 15.6. The Morgan fingerprint density at radius 1 is 1.03 bits per heavy atom. The average molecular weight is 479 g/mol. The first kappa shape index (κ1) is 23.9. The van der Waals surface area contributed by atoms with Crippen molar-refractivity contribution in [3.8, 4) is 0 Å². The average Bonchev–Trinajstić information content (AvgIpc) is 3.30. The Labute approximate surface area is 201 Å². The molecule has 34 heavy (non-hydrogen) atoms. The van der Waals surface area contributed by atoms with Gasteiger partial charge in [-0.05, 0) is 30.0 Å². The third kappa shape index (κ3) is 6.21. The molecule has 0 atom stereocenters. The van der Waals surface area contributed by atoms with Crippen LogP contribution < -0.4 is 0 Å². The van der Waals surface area contributed by atoms with Gasteiger partial charge in [-0.3, -0.25) is 9.48 Å². The highest BCUT2D eigenvalue weighted by molar-refractivity contribution is 7.92. The van der Waals surface area contributed by atoms with Crippen LogP contribution in [0.25, 0.3) is 6.08 Å². The standard InChI is InChI=1S/C26H30N4O3S/c1-28(19-24-18-27-29(21-24)20-23-10-6-3-7-11-23)26(31)25-12-15-30(16-13-25)34(32,33)17-14-22-8-4-2-5-9-22/h2-11,14,17-18,21,25H,12-13,15-16,19-20H2,1H3/b17-14+.